The van der Waals surface area contributed by atoms with Gasteiger partial charge in [-0.15, -0.1) is 0 Å². The first-order valence-corrected chi connectivity index (χ1v) is 12.8. The van der Waals surface area contributed by atoms with Crippen LogP contribution < -0.4 is 0 Å². The van der Waals surface area contributed by atoms with Crippen molar-refractivity contribution in [1.82, 2.24) is 9.97 Å². The molecule has 2 heteroatoms. The fraction of sp³-hybridized carbons (Fsp3) is 0. The second kappa shape index (κ2) is 10.9. The van der Waals surface area contributed by atoms with Crippen molar-refractivity contribution in [2.24, 2.45) is 0 Å². The first kappa shape index (κ1) is 23.3. The van der Waals surface area contributed by atoms with Crippen molar-refractivity contribution in [1.29, 1.82) is 0 Å². The molecule has 0 bridgehead atoms. The molecule has 0 aliphatic rings. The molecule has 1 aromatic heterocycles. The van der Waals surface area contributed by atoms with E-state index in [4.69, 9.17) is 9.97 Å². The summed E-state index contributed by atoms with van der Waals surface area (Å²) in [6.45, 7) is 0. The maximum atomic E-state index is 5.12. The molecule has 0 aliphatic heterocycles. The van der Waals surface area contributed by atoms with E-state index in [2.05, 4.69) is 109 Å². The topological polar surface area (TPSA) is 25.8 Å². The van der Waals surface area contributed by atoms with Crippen LogP contribution in [0, 0.1) is 0 Å². The summed E-state index contributed by atoms with van der Waals surface area (Å²) in [5.74, 6) is 0. The summed E-state index contributed by atoms with van der Waals surface area (Å²) in [5, 5.41) is 0. The van der Waals surface area contributed by atoms with E-state index in [1.165, 1.54) is 0 Å². The zero-order valence-corrected chi connectivity index (χ0v) is 20.9. The molecule has 2 nitrogen and oxygen atoms in total. The van der Waals surface area contributed by atoms with Crippen LogP contribution in [0.15, 0.2) is 146 Å². The number of nitrogens with zero attached hydrogens (tertiary/aromatic N) is 2. The summed E-state index contributed by atoms with van der Waals surface area (Å²) in [4.78, 5) is 10.2. The van der Waals surface area contributed by atoms with Gasteiger partial charge in [0.05, 0.1) is 22.4 Å². The predicted molar refractivity (Wildman–Crippen MR) is 159 cm³/mol. The van der Waals surface area contributed by atoms with Gasteiger partial charge in [0.2, 0.25) is 0 Å². The zero-order chi connectivity index (χ0) is 25.6. The molecule has 6 rings (SSSR count). The third kappa shape index (κ3) is 5.07. The van der Waals surface area contributed by atoms with Crippen molar-refractivity contribution in [2.75, 3.05) is 0 Å². The third-order valence-corrected chi connectivity index (χ3v) is 6.53. The summed E-state index contributed by atoms with van der Waals surface area (Å²) in [5.41, 5.74) is 10.1. The average Bonchev–Trinajstić information content (AvgIpc) is 3.00. The molecule has 0 saturated carbocycles. The van der Waals surface area contributed by atoms with Gasteiger partial charge in [-0.25, -0.2) is 9.97 Å². The van der Waals surface area contributed by atoms with Gasteiger partial charge in [-0.1, -0.05) is 133 Å². The summed E-state index contributed by atoms with van der Waals surface area (Å²) in [7, 11) is 0. The molecule has 1 heterocycles. The Balaban J connectivity index is 1.62. The van der Waals surface area contributed by atoms with Crippen LogP contribution in [-0.4, -0.2) is 9.97 Å². The summed E-state index contributed by atoms with van der Waals surface area (Å²) >= 11 is 0. The standard InChI is InChI=1S/C36H26N2/c1-5-15-27(16-6-1)31(28-17-7-2-8-18-28)25-35-36(38-34-24-14-13-23-33(34)37-35)26-32(29-19-9-3-10-20-29)30-21-11-4-12-22-30/h1-26H. The number of para-hydroxylation sites is 2. The molecule has 0 fully saturated rings. The van der Waals surface area contributed by atoms with Crippen molar-refractivity contribution in [3.05, 3.63) is 179 Å². The maximum absolute atomic E-state index is 5.12. The molecule has 6 aromatic rings. The quantitative estimate of drug-likeness (QED) is 0.235. The summed E-state index contributed by atoms with van der Waals surface area (Å²) < 4.78 is 0. The van der Waals surface area contributed by atoms with Crippen molar-refractivity contribution in [2.45, 2.75) is 0 Å². The van der Waals surface area contributed by atoms with E-state index in [1.54, 1.807) is 0 Å². The van der Waals surface area contributed by atoms with Gasteiger partial charge in [-0.3, -0.25) is 0 Å². The maximum Gasteiger partial charge on any atom is 0.0901 e. The van der Waals surface area contributed by atoms with Crippen LogP contribution in [0.4, 0.5) is 0 Å². The minimum absolute atomic E-state index is 0.829. The SMILES string of the molecule is C(=C(c1ccccc1)c1ccccc1)c1nc2ccccc2nc1C=C(c1ccccc1)c1ccccc1. The Bertz CT molecular complexity index is 1510. The number of hydrogen-bond acceptors (Lipinski definition) is 2. The highest BCUT2D eigenvalue weighted by Crippen LogP contribution is 2.30. The molecule has 0 aliphatic carbocycles. The Labute approximate surface area is 223 Å². The van der Waals surface area contributed by atoms with E-state index < -0.39 is 0 Å². The second-order valence-corrected chi connectivity index (χ2v) is 9.06. The van der Waals surface area contributed by atoms with E-state index in [9.17, 15) is 0 Å². The normalized spacial score (nSPS) is 10.6. The fourth-order valence-corrected chi connectivity index (χ4v) is 4.65. The van der Waals surface area contributed by atoms with Crippen molar-refractivity contribution < 1.29 is 0 Å². The minimum Gasteiger partial charge on any atom is -0.244 e. The van der Waals surface area contributed by atoms with E-state index in [0.29, 0.717) is 0 Å². The summed E-state index contributed by atoms with van der Waals surface area (Å²) in [6, 6.07) is 49.9. The van der Waals surface area contributed by atoms with E-state index in [1.807, 2.05) is 48.5 Å². The van der Waals surface area contributed by atoms with Gasteiger partial charge in [-0.2, -0.15) is 0 Å². The fourth-order valence-electron chi connectivity index (χ4n) is 4.65. The van der Waals surface area contributed by atoms with Crippen LogP contribution >= 0.6 is 0 Å². The Morgan fingerprint density at radius 3 is 0.895 bits per heavy atom. The molecule has 38 heavy (non-hydrogen) atoms. The molecule has 0 N–H and O–H groups in total. The van der Waals surface area contributed by atoms with Gasteiger partial charge in [0.15, 0.2) is 0 Å². The van der Waals surface area contributed by atoms with E-state index in [0.717, 1.165) is 55.8 Å². The van der Waals surface area contributed by atoms with Crippen molar-refractivity contribution in [3.8, 4) is 0 Å². The average molecular weight is 487 g/mol. The molecule has 0 amide bonds. The second-order valence-electron chi connectivity index (χ2n) is 9.06. The van der Waals surface area contributed by atoms with Gasteiger partial charge < -0.3 is 0 Å². The highest BCUT2D eigenvalue weighted by molar-refractivity contribution is 5.96. The summed E-state index contributed by atoms with van der Waals surface area (Å²) in [6.07, 6.45) is 4.34. The van der Waals surface area contributed by atoms with Gasteiger partial charge in [0.1, 0.15) is 0 Å². The largest absolute Gasteiger partial charge is 0.244 e. The Kier molecular flexibility index (Phi) is 6.69. The lowest BCUT2D eigenvalue weighted by atomic mass is 9.94. The molecule has 0 atom stereocenters. The number of benzene rings is 5. The van der Waals surface area contributed by atoms with E-state index >= 15 is 0 Å². The number of rotatable bonds is 6. The lowest BCUT2D eigenvalue weighted by Crippen LogP contribution is -1.98. The van der Waals surface area contributed by atoms with E-state index in [-0.39, 0.29) is 0 Å². The smallest absolute Gasteiger partial charge is 0.0901 e. The van der Waals surface area contributed by atoms with Crippen LogP contribution in [0.2, 0.25) is 0 Å². The third-order valence-electron chi connectivity index (χ3n) is 6.53. The van der Waals surface area contributed by atoms with Gasteiger partial charge >= 0.3 is 0 Å². The van der Waals surface area contributed by atoms with Crippen LogP contribution in [0.25, 0.3) is 34.3 Å². The van der Waals surface area contributed by atoms with Crippen LogP contribution in [0.5, 0.6) is 0 Å². The van der Waals surface area contributed by atoms with Gasteiger partial charge in [0, 0.05) is 0 Å². The van der Waals surface area contributed by atoms with Crippen LogP contribution in [-0.2, 0) is 0 Å². The molecule has 0 unspecified atom stereocenters. The monoisotopic (exact) mass is 486 g/mol. The first-order chi connectivity index (χ1) is 18.8. The number of aromatic nitrogens is 2. The minimum atomic E-state index is 0.829. The Morgan fingerprint density at radius 1 is 0.342 bits per heavy atom. The zero-order valence-electron chi connectivity index (χ0n) is 20.9. The Morgan fingerprint density at radius 2 is 0.605 bits per heavy atom. The van der Waals surface area contributed by atoms with Crippen molar-refractivity contribution in [3.63, 3.8) is 0 Å². The lowest BCUT2D eigenvalue weighted by Gasteiger charge is -2.12. The molecule has 0 saturated heterocycles. The molecule has 180 valence electrons. The van der Waals surface area contributed by atoms with Crippen LogP contribution in [0.1, 0.15) is 33.6 Å². The first-order valence-electron chi connectivity index (χ1n) is 12.8. The lowest BCUT2D eigenvalue weighted by molar-refractivity contribution is 1.24. The molecule has 0 spiro atoms. The molecular weight excluding hydrogens is 460 g/mol. The van der Waals surface area contributed by atoms with Gasteiger partial charge in [0.25, 0.3) is 0 Å². The predicted octanol–water partition coefficient (Wildman–Crippen LogP) is 8.81. The molecular formula is C36H26N2. The Hall–Kier alpha value is -5.08. The number of fused-ring (bicyclic) bond motifs is 1. The van der Waals surface area contributed by atoms with Gasteiger partial charge in [-0.05, 0) is 57.7 Å². The molecule has 0 radical (unpaired) electrons. The van der Waals surface area contributed by atoms with Crippen LogP contribution in [0.3, 0.4) is 0 Å². The number of hydrogen-bond donors (Lipinski definition) is 0. The highest BCUT2D eigenvalue weighted by Gasteiger charge is 2.13. The highest BCUT2D eigenvalue weighted by atomic mass is 14.8. The van der Waals surface area contributed by atoms with Crippen molar-refractivity contribution >= 4 is 34.3 Å². The molecule has 5 aromatic carbocycles.